The minimum absolute atomic E-state index is 0.0679. The summed E-state index contributed by atoms with van der Waals surface area (Å²) in [5, 5.41) is 0. The van der Waals surface area contributed by atoms with E-state index in [0.29, 0.717) is 6.10 Å². The van der Waals surface area contributed by atoms with Gasteiger partial charge < -0.3 is 4.74 Å². The molecule has 1 atom stereocenters. The van der Waals surface area contributed by atoms with Crippen LogP contribution < -0.4 is 11.3 Å². The van der Waals surface area contributed by atoms with Gasteiger partial charge in [0.25, 0.3) is 5.91 Å². The maximum absolute atomic E-state index is 11.7. The zero-order valence-corrected chi connectivity index (χ0v) is 10.9. The van der Waals surface area contributed by atoms with Crippen molar-refractivity contribution in [1.29, 1.82) is 0 Å². The number of hydrogen-bond donors (Lipinski definition) is 2. The molecule has 0 saturated carbocycles. The fraction of sp³-hybridized carbons (Fsp3) is 0.917. The minimum atomic E-state index is -0.0763. The van der Waals surface area contributed by atoms with Gasteiger partial charge in [-0.2, -0.15) is 0 Å². The Kier molecular flexibility index (Phi) is 6.47. The second-order valence-corrected chi connectivity index (χ2v) is 4.50. The Hall–Kier alpha value is -0.650. The molecule has 1 heterocycles. The molecular formula is C12H25N3O2. The summed E-state index contributed by atoms with van der Waals surface area (Å²) >= 11 is 0. The van der Waals surface area contributed by atoms with Gasteiger partial charge in [-0.25, -0.2) is 5.84 Å². The third-order valence-electron chi connectivity index (χ3n) is 3.33. The maximum atomic E-state index is 11.7. The van der Waals surface area contributed by atoms with Crippen LogP contribution in [0.4, 0.5) is 0 Å². The maximum Gasteiger partial charge on any atom is 0.251 e. The number of hydrogen-bond acceptors (Lipinski definition) is 4. The highest BCUT2D eigenvalue weighted by atomic mass is 16.5. The van der Waals surface area contributed by atoms with E-state index < -0.39 is 0 Å². The highest BCUT2D eigenvalue weighted by Gasteiger charge is 2.28. The number of nitrogens with zero attached hydrogens (tertiary/aromatic N) is 1. The Morgan fingerprint density at radius 2 is 2.12 bits per heavy atom. The van der Waals surface area contributed by atoms with Gasteiger partial charge in [-0.05, 0) is 26.2 Å². The lowest BCUT2D eigenvalue weighted by Crippen LogP contribution is -2.52. The van der Waals surface area contributed by atoms with Crippen molar-refractivity contribution in [2.75, 3.05) is 19.7 Å². The SMILES string of the molecule is CCCC(C(=O)NN)N1CCC(OCC)CC1. The van der Waals surface area contributed by atoms with Crippen LogP contribution in [0, 0.1) is 0 Å². The summed E-state index contributed by atoms with van der Waals surface area (Å²) in [5.41, 5.74) is 2.27. The average molecular weight is 243 g/mol. The van der Waals surface area contributed by atoms with Crippen molar-refractivity contribution in [1.82, 2.24) is 10.3 Å². The molecule has 0 bridgehead atoms. The zero-order chi connectivity index (χ0) is 12.7. The van der Waals surface area contributed by atoms with Gasteiger partial charge in [0.05, 0.1) is 12.1 Å². The topological polar surface area (TPSA) is 67.6 Å². The second kappa shape index (κ2) is 7.63. The first kappa shape index (κ1) is 14.4. The monoisotopic (exact) mass is 243 g/mol. The quantitative estimate of drug-likeness (QED) is 0.408. The summed E-state index contributed by atoms with van der Waals surface area (Å²) in [6.07, 6.45) is 4.23. The Bertz CT molecular complexity index is 228. The number of nitrogens with two attached hydrogens (primary N) is 1. The highest BCUT2D eigenvalue weighted by molar-refractivity contribution is 5.81. The van der Waals surface area contributed by atoms with Gasteiger partial charge in [-0.1, -0.05) is 13.3 Å². The van der Waals surface area contributed by atoms with Gasteiger partial charge in [0.2, 0.25) is 0 Å². The van der Waals surface area contributed by atoms with Crippen molar-refractivity contribution in [2.24, 2.45) is 5.84 Å². The average Bonchev–Trinajstić information content (AvgIpc) is 2.37. The van der Waals surface area contributed by atoms with Crippen molar-refractivity contribution >= 4 is 5.91 Å². The highest BCUT2D eigenvalue weighted by Crippen LogP contribution is 2.18. The fourth-order valence-electron chi connectivity index (χ4n) is 2.44. The number of hydrazine groups is 1. The first-order chi connectivity index (χ1) is 8.22. The standard InChI is InChI=1S/C12H25N3O2/c1-3-5-11(12(16)14-13)15-8-6-10(7-9-15)17-4-2/h10-11H,3-9,13H2,1-2H3,(H,14,16). The summed E-state index contributed by atoms with van der Waals surface area (Å²) in [7, 11) is 0. The molecule has 1 unspecified atom stereocenters. The molecule has 1 amide bonds. The molecule has 0 spiro atoms. The predicted octanol–water partition coefficient (Wildman–Crippen LogP) is 0.646. The van der Waals surface area contributed by atoms with Crippen LogP contribution in [0.15, 0.2) is 0 Å². The molecule has 3 N–H and O–H groups in total. The van der Waals surface area contributed by atoms with E-state index in [1.807, 2.05) is 6.92 Å². The zero-order valence-electron chi connectivity index (χ0n) is 10.9. The van der Waals surface area contributed by atoms with Crippen LogP contribution in [-0.2, 0) is 9.53 Å². The van der Waals surface area contributed by atoms with Crippen LogP contribution in [-0.4, -0.2) is 42.6 Å². The molecule has 17 heavy (non-hydrogen) atoms. The first-order valence-electron chi connectivity index (χ1n) is 6.59. The van der Waals surface area contributed by atoms with Crippen molar-refractivity contribution in [3.8, 4) is 0 Å². The molecule has 0 aromatic rings. The van der Waals surface area contributed by atoms with Crippen LogP contribution in [0.2, 0.25) is 0 Å². The third kappa shape index (κ3) is 4.26. The van der Waals surface area contributed by atoms with Crippen molar-refractivity contribution < 1.29 is 9.53 Å². The molecule has 1 fully saturated rings. The van der Waals surface area contributed by atoms with E-state index >= 15 is 0 Å². The first-order valence-corrected chi connectivity index (χ1v) is 6.59. The molecule has 0 aromatic carbocycles. The van der Waals surface area contributed by atoms with Crippen LogP contribution >= 0.6 is 0 Å². The Balaban J connectivity index is 2.45. The lowest BCUT2D eigenvalue weighted by atomic mass is 10.0. The van der Waals surface area contributed by atoms with Crippen molar-refractivity contribution in [3.05, 3.63) is 0 Å². The third-order valence-corrected chi connectivity index (χ3v) is 3.33. The molecule has 0 aliphatic carbocycles. The molecule has 1 aliphatic heterocycles. The smallest absolute Gasteiger partial charge is 0.251 e. The number of carbonyl (C=O) groups is 1. The van der Waals surface area contributed by atoms with Gasteiger partial charge in [-0.15, -0.1) is 0 Å². The van der Waals surface area contributed by atoms with Gasteiger partial charge in [-0.3, -0.25) is 15.1 Å². The second-order valence-electron chi connectivity index (χ2n) is 4.50. The van der Waals surface area contributed by atoms with Crippen LogP contribution in [0.5, 0.6) is 0 Å². The Morgan fingerprint density at radius 1 is 1.47 bits per heavy atom. The molecule has 0 radical (unpaired) electrons. The van der Waals surface area contributed by atoms with Gasteiger partial charge in [0, 0.05) is 19.7 Å². The number of piperidine rings is 1. The van der Waals surface area contributed by atoms with Crippen molar-refractivity contribution in [2.45, 2.75) is 51.7 Å². The van der Waals surface area contributed by atoms with Crippen LogP contribution in [0.1, 0.15) is 39.5 Å². The van der Waals surface area contributed by atoms with E-state index in [2.05, 4.69) is 17.2 Å². The number of rotatable bonds is 6. The molecule has 1 rings (SSSR count). The minimum Gasteiger partial charge on any atom is -0.378 e. The number of amides is 1. The molecule has 0 aromatic heterocycles. The van der Waals surface area contributed by atoms with Gasteiger partial charge in [0.15, 0.2) is 0 Å². The Morgan fingerprint density at radius 3 is 2.59 bits per heavy atom. The lowest BCUT2D eigenvalue weighted by molar-refractivity contribution is -0.128. The summed E-state index contributed by atoms with van der Waals surface area (Å²) in [5.74, 6) is 5.17. The fourth-order valence-corrected chi connectivity index (χ4v) is 2.44. The number of likely N-dealkylation sites (tertiary alicyclic amines) is 1. The normalized spacial score (nSPS) is 20.2. The van der Waals surface area contributed by atoms with E-state index in [4.69, 9.17) is 10.6 Å². The van der Waals surface area contributed by atoms with Crippen LogP contribution in [0.3, 0.4) is 0 Å². The number of nitrogens with one attached hydrogen (secondary N) is 1. The Labute approximate surface area is 104 Å². The molecule has 5 nitrogen and oxygen atoms in total. The summed E-state index contributed by atoms with van der Waals surface area (Å²) in [4.78, 5) is 13.9. The molecule has 5 heteroatoms. The molecule has 1 saturated heterocycles. The number of carbonyl (C=O) groups excluding carboxylic acids is 1. The summed E-state index contributed by atoms with van der Waals surface area (Å²) in [6, 6.07) is -0.0763. The van der Waals surface area contributed by atoms with E-state index in [0.717, 1.165) is 45.4 Å². The van der Waals surface area contributed by atoms with E-state index in [1.165, 1.54) is 0 Å². The largest absolute Gasteiger partial charge is 0.378 e. The van der Waals surface area contributed by atoms with E-state index in [1.54, 1.807) is 0 Å². The lowest BCUT2D eigenvalue weighted by Gasteiger charge is -2.36. The molecule has 100 valence electrons. The predicted molar refractivity (Wildman–Crippen MR) is 67.2 cm³/mol. The van der Waals surface area contributed by atoms with E-state index in [9.17, 15) is 4.79 Å². The molecular weight excluding hydrogens is 218 g/mol. The summed E-state index contributed by atoms with van der Waals surface area (Å²) < 4.78 is 5.61. The molecule has 1 aliphatic rings. The van der Waals surface area contributed by atoms with Crippen LogP contribution in [0.25, 0.3) is 0 Å². The van der Waals surface area contributed by atoms with Gasteiger partial charge >= 0.3 is 0 Å². The van der Waals surface area contributed by atoms with E-state index in [-0.39, 0.29) is 11.9 Å². The van der Waals surface area contributed by atoms with Crippen molar-refractivity contribution in [3.63, 3.8) is 0 Å². The number of ether oxygens (including phenoxy) is 1. The van der Waals surface area contributed by atoms with Gasteiger partial charge in [0.1, 0.15) is 0 Å². The summed E-state index contributed by atoms with van der Waals surface area (Å²) in [6.45, 7) is 6.72.